The highest BCUT2D eigenvalue weighted by molar-refractivity contribution is 5.37. The Morgan fingerprint density at radius 3 is 2.40 bits per heavy atom. The van der Waals surface area contributed by atoms with Crippen LogP contribution in [-0.2, 0) is 17.9 Å². The fourth-order valence-electron chi connectivity index (χ4n) is 5.04. The van der Waals surface area contributed by atoms with E-state index >= 15 is 0 Å². The molecule has 0 atom stereocenters. The van der Waals surface area contributed by atoms with Crippen LogP contribution in [0.3, 0.4) is 0 Å². The molecule has 0 bridgehead atoms. The van der Waals surface area contributed by atoms with E-state index in [9.17, 15) is 0 Å². The maximum Gasteiger partial charge on any atom is 0.124 e. The summed E-state index contributed by atoms with van der Waals surface area (Å²) in [5.74, 6) is 1.75. The molecule has 0 amide bonds. The van der Waals surface area contributed by atoms with Crippen molar-refractivity contribution in [3.63, 3.8) is 0 Å². The van der Waals surface area contributed by atoms with Gasteiger partial charge in [-0.25, -0.2) is 0 Å². The highest BCUT2D eigenvalue weighted by Gasteiger charge is 2.28. The lowest BCUT2D eigenvalue weighted by molar-refractivity contribution is 0.0746. The van der Waals surface area contributed by atoms with Crippen molar-refractivity contribution in [2.45, 2.75) is 58.7 Å². The Bertz CT molecular complexity index is 623. The summed E-state index contributed by atoms with van der Waals surface area (Å²) < 4.78 is 11.2. The number of hydrogen-bond donors (Lipinski definition) is 0. The molecule has 2 aliphatic rings. The van der Waals surface area contributed by atoms with E-state index in [2.05, 4.69) is 46.9 Å². The fourth-order valence-corrected chi connectivity index (χ4v) is 5.04. The highest BCUT2D eigenvalue weighted by atomic mass is 16.5. The second-order valence-electron chi connectivity index (χ2n) is 9.12. The molecule has 1 aromatic rings. The Kier molecular flexibility index (Phi) is 9.44. The van der Waals surface area contributed by atoms with Crippen molar-refractivity contribution in [1.29, 1.82) is 0 Å². The first-order valence-corrected chi connectivity index (χ1v) is 12.0. The molecule has 0 N–H and O–H groups in total. The Labute approximate surface area is 184 Å². The molecular formula is C25H43N3O2. The van der Waals surface area contributed by atoms with Crippen LogP contribution in [-0.4, -0.2) is 80.8 Å². The maximum absolute atomic E-state index is 5.63. The zero-order chi connectivity index (χ0) is 21.3. The van der Waals surface area contributed by atoms with Crippen LogP contribution in [0, 0.1) is 5.92 Å². The first-order valence-electron chi connectivity index (χ1n) is 12.0. The Balaban J connectivity index is 1.49. The summed E-state index contributed by atoms with van der Waals surface area (Å²) >= 11 is 0. The highest BCUT2D eigenvalue weighted by Crippen LogP contribution is 2.26. The summed E-state index contributed by atoms with van der Waals surface area (Å²) in [6.45, 7) is 14.1. The summed E-state index contributed by atoms with van der Waals surface area (Å²) in [6, 6.07) is 7.39. The molecule has 0 aliphatic carbocycles. The number of methoxy groups -OCH3 is 1. The number of piperidine rings is 2. The molecule has 2 saturated heterocycles. The van der Waals surface area contributed by atoms with Crippen LogP contribution in [0.1, 0.15) is 50.7 Å². The van der Waals surface area contributed by atoms with E-state index in [-0.39, 0.29) is 0 Å². The lowest BCUT2D eigenvalue weighted by Gasteiger charge is -2.41. The van der Waals surface area contributed by atoms with Gasteiger partial charge in [0.05, 0.1) is 13.7 Å². The maximum atomic E-state index is 5.63. The predicted molar refractivity (Wildman–Crippen MR) is 124 cm³/mol. The molecule has 5 heteroatoms. The van der Waals surface area contributed by atoms with Crippen molar-refractivity contribution < 1.29 is 9.47 Å². The van der Waals surface area contributed by atoms with Crippen LogP contribution in [0.4, 0.5) is 0 Å². The number of likely N-dealkylation sites (tertiary alicyclic amines) is 2. The topological polar surface area (TPSA) is 28.2 Å². The van der Waals surface area contributed by atoms with Gasteiger partial charge in [-0.3, -0.25) is 4.90 Å². The normalized spacial score (nSPS) is 20.2. The molecule has 30 heavy (non-hydrogen) atoms. The average Bonchev–Trinajstić information content (AvgIpc) is 2.78. The molecule has 2 aliphatic heterocycles. The van der Waals surface area contributed by atoms with Gasteiger partial charge in [-0.1, -0.05) is 13.0 Å². The smallest absolute Gasteiger partial charge is 0.124 e. The number of ether oxygens (including phenoxy) is 2. The number of benzene rings is 1. The van der Waals surface area contributed by atoms with E-state index < -0.39 is 0 Å². The molecule has 0 radical (unpaired) electrons. The molecule has 3 rings (SSSR count). The minimum absolute atomic E-state index is 0.620. The average molecular weight is 418 g/mol. The van der Waals surface area contributed by atoms with E-state index in [1.165, 1.54) is 64.0 Å². The summed E-state index contributed by atoms with van der Waals surface area (Å²) in [6.07, 6.45) is 5.40. The Morgan fingerprint density at radius 1 is 1.03 bits per heavy atom. The first-order chi connectivity index (χ1) is 14.6. The van der Waals surface area contributed by atoms with E-state index in [0.29, 0.717) is 6.61 Å². The van der Waals surface area contributed by atoms with Gasteiger partial charge >= 0.3 is 0 Å². The zero-order valence-corrected chi connectivity index (χ0v) is 19.7. The summed E-state index contributed by atoms with van der Waals surface area (Å²) in [7, 11) is 3.99. The van der Waals surface area contributed by atoms with Gasteiger partial charge in [0, 0.05) is 31.3 Å². The monoisotopic (exact) mass is 417 g/mol. The molecule has 5 nitrogen and oxygen atoms in total. The van der Waals surface area contributed by atoms with Gasteiger partial charge in [-0.05, 0) is 96.0 Å². The summed E-state index contributed by atoms with van der Waals surface area (Å²) in [5, 5.41) is 0. The van der Waals surface area contributed by atoms with Crippen molar-refractivity contribution in [3.05, 3.63) is 29.3 Å². The quantitative estimate of drug-likeness (QED) is 0.576. The fraction of sp³-hybridized carbons (Fsp3) is 0.760. The molecule has 0 saturated carbocycles. The van der Waals surface area contributed by atoms with Gasteiger partial charge in [0.1, 0.15) is 5.75 Å². The molecule has 2 heterocycles. The minimum atomic E-state index is 0.620. The number of nitrogens with zero attached hydrogens (tertiary/aromatic N) is 3. The van der Waals surface area contributed by atoms with Crippen molar-refractivity contribution in [2.24, 2.45) is 5.92 Å². The molecule has 0 aromatic heterocycles. The third kappa shape index (κ3) is 6.68. The van der Waals surface area contributed by atoms with E-state index in [1.807, 2.05) is 6.92 Å². The van der Waals surface area contributed by atoms with Crippen LogP contribution < -0.4 is 4.74 Å². The Morgan fingerprint density at radius 2 is 1.77 bits per heavy atom. The largest absolute Gasteiger partial charge is 0.496 e. The molecule has 170 valence electrons. The van der Waals surface area contributed by atoms with Gasteiger partial charge < -0.3 is 19.3 Å². The second kappa shape index (κ2) is 12.0. The number of hydrogen-bond acceptors (Lipinski definition) is 5. The standard InChI is InChI=1S/C25H43N3O2/c1-5-27(19-22-7-8-25(29-4)23(17-22)20-30-6-2)18-21-9-15-28(16-10-21)24-11-13-26(3)14-12-24/h7-8,17,21,24H,5-6,9-16,18-20H2,1-4H3. The first kappa shape index (κ1) is 23.5. The van der Waals surface area contributed by atoms with Crippen LogP contribution in [0.2, 0.25) is 0 Å². The van der Waals surface area contributed by atoms with Gasteiger partial charge in [0.15, 0.2) is 0 Å². The van der Waals surface area contributed by atoms with Crippen LogP contribution in [0.5, 0.6) is 5.75 Å². The van der Waals surface area contributed by atoms with Gasteiger partial charge in [0.2, 0.25) is 0 Å². The third-order valence-corrected chi connectivity index (χ3v) is 7.03. The predicted octanol–water partition coefficient (Wildman–Crippen LogP) is 3.86. The van der Waals surface area contributed by atoms with Crippen molar-refractivity contribution in [2.75, 3.05) is 60.0 Å². The minimum Gasteiger partial charge on any atom is -0.496 e. The van der Waals surface area contributed by atoms with E-state index in [0.717, 1.165) is 43.0 Å². The summed E-state index contributed by atoms with van der Waals surface area (Å²) in [5.41, 5.74) is 2.51. The van der Waals surface area contributed by atoms with E-state index in [1.54, 1.807) is 7.11 Å². The van der Waals surface area contributed by atoms with Gasteiger partial charge in [0.25, 0.3) is 0 Å². The molecular weight excluding hydrogens is 374 g/mol. The van der Waals surface area contributed by atoms with Crippen LogP contribution in [0.15, 0.2) is 18.2 Å². The molecule has 0 spiro atoms. The summed E-state index contributed by atoms with van der Waals surface area (Å²) in [4.78, 5) is 7.87. The van der Waals surface area contributed by atoms with E-state index in [4.69, 9.17) is 9.47 Å². The lowest BCUT2D eigenvalue weighted by atomic mass is 9.93. The van der Waals surface area contributed by atoms with Crippen molar-refractivity contribution in [3.8, 4) is 5.75 Å². The lowest BCUT2D eigenvalue weighted by Crippen LogP contribution is -2.47. The van der Waals surface area contributed by atoms with Gasteiger partial charge in [-0.15, -0.1) is 0 Å². The Hall–Kier alpha value is -1.14. The zero-order valence-electron chi connectivity index (χ0n) is 19.7. The van der Waals surface area contributed by atoms with Crippen molar-refractivity contribution >= 4 is 0 Å². The molecule has 1 aromatic carbocycles. The molecule has 0 unspecified atom stereocenters. The van der Waals surface area contributed by atoms with Gasteiger partial charge in [-0.2, -0.15) is 0 Å². The van der Waals surface area contributed by atoms with Crippen LogP contribution in [0.25, 0.3) is 0 Å². The van der Waals surface area contributed by atoms with Crippen LogP contribution >= 0.6 is 0 Å². The van der Waals surface area contributed by atoms with Crippen molar-refractivity contribution in [1.82, 2.24) is 14.7 Å². The number of rotatable bonds is 10. The third-order valence-electron chi connectivity index (χ3n) is 7.03. The second-order valence-corrected chi connectivity index (χ2v) is 9.12. The SMILES string of the molecule is CCOCc1cc(CN(CC)CC2CCN(C3CCN(C)CC3)CC2)ccc1OC. The molecule has 2 fully saturated rings.